The minimum absolute atomic E-state index is 0.0795. The van der Waals surface area contributed by atoms with Crippen LogP contribution >= 0.6 is 0 Å². The molecule has 0 amide bonds. The van der Waals surface area contributed by atoms with Crippen LogP contribution in [0.3, 0.4) is 0 Å². The quantitative estimate of drug-likeness (QED) is 0.501. The first-order valence-electron chi connectivity index (χ1n) is 10.3. The molecule has 0 unspecified atom stereocenters. The van der Waals surface area contributed by atoms with E-state index in [1.807, 2.05) is 38.1 Å². The van der Waals surface area contributed by atoms with Gasteiger partial charge in [0.05, 0.1) is 12.3 Å². The minimum atomic E-state index is -0.0795. The van der Waals surface area contributed by atoms with Crippen LogP contribution in [-0.2, 0) is 6.42 Å². The van der Waals surface area contributed by atoms with Gasteiger partial charge in [-0.15, -0.1) is 0 Å². The van der Waals surface area contributed by atoms with Gasteiger partial charge in [0.15, 0.2) is 0 Å². The van der Waals surface area contributed by atoms with Gasteiger partial charge < -0.3 is 4.74 Å². The second-order valence-electron chi connectivity index (χ2n) is 7.73. The van der Waals surface area contributed by atoms with Crippen LogP contribution in [0.5, 0.6) is 5.75 Å². The summed E-state index contributed by atoms with van der Waals surface area (Å²) in [6.45, 7) is 11.3. The monoisotopic (exact) mass is 370 g/mol. The zero-order valence-electron chi connectivity index (χ0n) is 17.5. The summed E-state index contributed by atoms with van der Waals surface area (Å²) in [4.78, 5) is 12.9. The van der Waals surface area contributed by atoms with E-state index in [1.54, 1.807) is 4.68 Å². The molecule has 0 aliphatic carbocycles. The van der Waals surface area contributed by atoms with Crippen LogP contribution in [0.2, 0.25) is 0 Å². The molecule has 1 heterocycles. The molecule has 0 bridgehead atoms. The molecule has 2 rings (SSSR count). The van der Waals surface area contributed by atoms with Crippen molar-refractivity contribution >= 4 is 5.91 Å². The topological polar surface area (TPSA) is 44.1 Å². The van der Waals surface area contributed by atoms with E-state index in [2.05, 4.69) is 25.9 Å². The van der Waals surface area contributed by atoms with Crippen molar-refractivity contribution in [2.45, 2.75) is 73.1 Å². The number of hydrogen-bond donors (Lipinski definition) is 0. The number of aromatic nitrogens is 2. The lowest BCUT2D eigenvalue weighted by Gasteiger charge is -2.09. The number of unbranched alkanes of at least 4 members (excludes halogenated alkanes) is 3. The van der Waals surface area contributed by atoms with Crippen LogP contribution < -0.4 is 4.74 Å². The number of aryl methyl sites for hydroxylation is 1. The van der Waals surface area contributed by atoms with Gasteiger partial charge in [0, 0.05) is 11.3 Å². The van der Waals surface area contributed by atoms with Crippen molar-refractivity contribution in [2.75, 3.05) is 6.61 Å². The van der Waals surface area contributed by atoms with E-state index in [0.29, 0.717) is 18.1 Å². The lowest BCUT2D eigenvalue weighted by atomic mass is 10.0. The highest BCUT2D eigenvalue weighted by Gasteiger charge is 2.17. The number of nitrogens with zero attached hydrogens (tertiary/aromatic N) is 2. The molecule has 0 saturated carbocycles. The van der Waals surface area contributed by atoms with E-state index in [9.17, 15) is 4.79 Å². The van der Waals surface area contributed by atoms with E-state index < -0.39 is 0 Å². The summed E-state index contributed by atoms with van der Waals surface area (Å²) >= 11 is 0. The third kappa shape index (κ3) is 5.95. The Morgan fingerprint density at radius 3 is 2.44 bits per heavy atom. The molecular weight excluding hydrogens is 336 g/mol. The molecule has 2 aromatic rings. The molecule has 1 aromatic carbocycles. The van der Waals surface area contributed by atoms with Gasteiger partial charge in [0.1, 0.15) is 5.75 Å². The Morgan fingerprint density at radius 1 is 1.11 bits per heavy atom. The molecule has 27 heavy (non-hydrogen) atoms. The second-order valence-corrected chi connectivity index (χ2v) is 7.73. The van der Waals surface area contributed by atoms with Crippen LogP contribution in [0.1, 0.15) is 80.2 Å². The maximum absolute atomic E-state index is 12.9. The Morgan fingerprint density at radius 2 is 1.81 bits per heavy atom. The van der Waals surface area contributed by atoms with Crippen LogP contribution in [0, 0.1) is 19.8 Å². The fourth-order valence-electron chi connectivity index (χ4n) is 3.19. The van der Waals surface area contributed by atoms with Crippen LogP contribution in [0.25, 0.3) is 0 Å². The smallest absolute Gasteiger partial charge is 0.278 e. The van der Waals surface area contributed by atoms with Gasteiger partial charge in [-0.05, 0) is 68.9 Å². The summed E-state index contributed by atoms with van der Waals surface area (Å²) in [7, 11) is 0. The predicted molar refractivity (Wildman–Crippen MR) is 111 cm³/mol. The fourth-order valence-corrected chi connectivity index (χ4v) is 3.19. The third-order valence-electron chi connectivity index (χ3n) is 4.98. The molecule has 4 heteroatoms. The van der Waals surface area contributed by atoms with Gasteiger partial charge >= 0.3 is 0 Å². The largest absolute Gasteiger partial charge is 0.494 e. The zero-order chi connectivity index (χ0) is 19.8. The summed E-state index contributed by atoms with van der Waals surface area (Å²) in [5, 5.41) is 4.51. The Bertz CT molecular complexity index is 730. The van der Waals surface area contributed by atoms with Crippen molar-refractivity contribution in [2.24, 2.45) is 5.92 Å². The molecule has 0 aliphatic heterocycles. The van der Waals surface area contributed by atoms with Crippen molar-refractivity contribution in [1.82, 2.24) is 9.78 Å². The van der Waals surface area contributed by atoms with Gasteiger partial charge in [0.2, 0.25) is 0 Å². The first-order chi connectivity index (χ1) is 12.9. The third-order valence-corrected chi connectivity index (χ3v) is 4.98. The molecule has 4 nitrogen and oxygen atoms in total. The lowest BCUT2D eigenvalue weighted by Crippen LogP contribution is -2.15. The number of carbonyl (C=O) groups excluding carboxylic acids is 1. The van der Waals surface area contributed by atoms with Gasteiger partial charge in [-0.2, -0.15) is 5.10 Å². The van der Waals surface area contributed by atoms with Gasteiger partial charge in [-0.3, -0.25) is 4.79 Å². The Labute approximate surface area is 163 Å². The number of ether oxygens (including phenoxy) is 1. The van der Waals surface area contributed by atoms with E-state index >= 15 is 0 Å². The molecule has 0 spiro atoms. The van der Waals surface area contributed by atoms with Gasteiger partial charge in [-0.1, -0.05) is 40.0 Å². The van der Waals surface area contributed by atoms with Crippen molar-refractivity contribution in [3.8, 4) is 5.75 Å². The number of benzene rings is 1. The highest BCUT2D eigenvalue weighted by atomic mass is 16.5. The lowest BCUT2D eigenvalue weighted by molar-refractivity contribution is 0.0942. The van der Waals surface area contributed by atoms with Gasteiger partial charge in [-0.25, -0.2) is 4.68 Å². The van der Waals surface area contributed by atoms with Crippen LogP contribution in [0.15, 0.2) is 24.3 Å². The standard InChI is InChI=1S/C23H34N2O2/c1-6-7-8-9-10-22-18(4)24-25(19(22)5)23(26)20-11-13-21(14-12-20)27-16-15-17(2)3/h11-14,17H,6-10,15-16H2,1-5H3. The van der Waals surface area contributed by atoms with E-state index in [-0.39, 0.29) is 5.91 Å². The van der Waals surface area contributed by atoms with E-state index in [1.165, 1.54) is 24.8 Å². The highest BCUT2D eigenvalue weighted by molar-refractivity contribution is 5.96. The second kappa shape index (κ2) is 10.3. The Kier molecular flexibility index (Phi) is 8.08. The molecule has 0 saturated heterocycles. The molecule has 0 atom stereocenters. The summed E-state index contributed by atoms with van der Waals surface area (Å²) in [6.07, 6.45) is 6.88. The Balaban J connectivity index is 2.04. The summed E-state index contributed by atoms with van der Waals surface area (Å²) < 4.78 is 7.29. The van der Waals surface area contributed by atoms with Crippen molar-refractivity contribution in [1.29, 1.82) is 0 Å². The first-order valence-corrected chi connectivity index (χ1v) is 10.3. The summed E-state index contributed by atoms with van der Waals surface area (Å²) in [5.41, 5.74) is 3.78. The Hall–Kier alpha value is -2.10. The van der Waals surface area contributed by atoms with Crippen molar-refractivity contribution in [3.05, 3.63) is 46.8 Å². The minimum Gasteiger partial charge on any atom is -0.494 e. The highest BCUT2D eigenvalue weighted by Crippen LogP contribution is 2.19. The van der Waals surface area contributed by atoms with E-state index in [0.717, 1.165) is 36.4 Å². The van der Waals surface area contributed by atoms with Crippen LogP contribution in [-0.4, -0.2) is 22.3 Å². The normalized spacial score (nSPS) is 11.2. The maximum Gasteiger partial charge on any atom is 0.278 e. The van der Waals surface area contributed by atoms with Crippen molar-refractivity contribution < 1.29 is 9.53 Å². The van der Waals surface area contributed by atoms with Crippen molar-refractivity contribution in [3.63, 3.8) is 0 Å². The van der Waals surface area contributed by atoms with E-state index in [4.69, 9.17) is 4.74 Å². The molecule has 148 valence electrons. The number of rotatable bonds is 10. The molecule has 1 aromatic heterocycles. The summed E-state index contributed by atoms with van der Waals surface area (Å²) in [6, 6.07) is 7.38. The first kappa shape index (κ1) is 21.2. The molecule has 0 aliphatic rings. The number of hydrogen-bond acceptors (Lipinski definition) is 3. The zero-order valence-corrected chi connectivity index (χ0v) is 17.5. The average molecular weight is 371 g/mol. The molecule has 0 fully saturated rings. The van der Waals surface area contributed by atoms with Gasteiger partial charge in [0.25, 0.3) is 5.91 Å². The molecule has 0 N–H and O–H groups in total. The van der Waals surface area contributed by atoms with Crippen LogP contribution in [0.4, 0.5) is 0 Å². The molecular formula is C23H34N2O2. The summed E-state index contributed by atoms with van der Waals surface area (Å²) in [5.74, 6) is 1.34. The average Bonchev–Trinajstić information content (AvgIpc) is 2.93. The number of carbonyl (C=O) groups is 1. The maximum atomic E-state index is 12.9. The molecule has 0 radical (unpaired) electrons. The SMILES string of the molecule is CCCCCCc1c(C)nn(C(=O)c2ccc(OCCC(C)C)cc2)c1C. The predicted octanol–water partition coefficient (Wildman–Crippen LogP) is 5.74. The fraction of sp³-hybridized carbons (Fsp3) is 0.565.